The summed E-state index contributed by atoms with van der Waals surface area (Å²) >= 11 is 0. The molecule has 0 saturated heterocycles. The van der Waals surface area contributed by atoms with Crippen LogP contribution in [0.3, 0.4) is 0 Å². The molecule has 0 fully saturated rings. The minimum atomic E-state index is 0.501. The van der Waals surface area contributed by atoms with Crippen molar-refractivity contribution in [3.05, 3.63) is 12.5 Å². The van der Waals surface area contributed by atoms with Crippen LogP contribution in [0.15, 0.2) is 12.5 Å². The molecule has 0 radical (unpaired) electrons. The summed E-state index contributed by atoms with van der Waals surface area (Å²) in [5.41, 5.74) is 0. The van der Waals surface area contributed by atoms with Crippen LogP contribution in [0.25, 0.3) is 0 Å². The van der Waals surface area contributed by atoms with Gasteiger partial charge >= 0.3 is 0 Å². The molecular weight excluding hydrogens is 224 g/mol. The summed E-state index contributed by atoms with van der Waals surface area (Å²) in [6.45, 7) is 9.73. The van der Waals surface area contributed by atoms with E-state index in [1.807, 2.05) is 0 Å². The fourth-order valence-corrected chi connectivity index (χ4v) is 1.82. The van der Waals surface area contributed by atoms with Crippen LogP contribution in [0, 0.1) is 0 Å². The third-order valence-corrected chi connectivity index (χ3v) is 3.02. The maximum absolute atomic E-state index is 5.43. The quantitative estimate of drug-likeness (QED) is 0.305. The molecule has 0 saturated carbocycles. The Morgan fingerprint density at radius 1 is 0.667 bits per heavy atom. The Kier molecular flexibility index (Phi) is 13.9. The number of ether oxygens (including phenoxy) is 2. The first-order chi connectivity index (χ1) is 8.81. The number of hydrogen-bond donors (Lipinski definition) is 0. The van der Waals surface area contributed by atoms with Crippen molar-refractivity contribution < 1.29 is 9.47 Å². The number of hydrogen-bond acceptors (Lipinski definition) is 2. The van der Waals surface area contributed by atoms with Crippen LogP contribution < -0.4 is 0 Å². The van der Waals surface area contributed by atoms with Crippen molar-refractivity contribution in [3.8, 4) is 0 Å². The SMILES string of the molecule is C=C(OCCCCCCC)OCCCCCCC. The van der Waals surface area contributed by atoms with E-state index in [4.69, 9.17) is 9.47 Å². The second kappa shape index (κ2) is 14.4. The fourth-order valence-electron chi connectivity index (χ4n) is 1.82. The Morgan fingerprint density at radius 2 is 1.06 bits per heavy atom. The van der Waals surface area contributed by atoms with Crippen LogP contribution in [0.5, 0.6) is 0 Å². The van der Waals surface area contributed by atoms with E-state index in [0.29, 0.717) is 5.95 Å². The zero-order chi connectivity index (χ0) is 13.5. The van der Waals surface area contributed by atoms with Gasteiger partial charge in [0.25, 0.3) is 5.95 Å². The molecule has 0 aromatic heterocycles. The zero-order valence-electron chi connectivity index (χ0n) is 12.5. The summed E-state index contributed by atoms with van der Waals surface area (Å²) in [4.78, 5) is 0. The Morgan fingerprint density at radius 3 is 1.44 bits per heavy atom. The minimum Gasteiger partial charge on any atom is -0.466 e. The van der Waals surface area contributed by atoms with Crippen molar-refractivity contribution in [3.63, 3.8) is 0 Å². The van der Waals surface area contributed by atoms with Crippen LogP contribution in [-0.4, -0.2) is 13.2 Å². The Hall–Kier alpha value is -0.660. The Bertz CT molecular complexity index is 160. The van der Waals surface area contributed by atoms with Gasteiger partial charge in [0.2, 0.25) is 0 Å². The van der Waals surface area contributed by atoms with E-state index < -0.39 is 0 Å². The van der Waals surface area contributed by atoms with Crippen LogP contribution in [0.2, 0.25) is 0 Å². The first kappa shape index (κ1) is 17.3. The number of rotatable bonds is 14. The highest BCUT2D eigenvalue weighted by Crippen LogP contribution is 2.07. The van der Waals surface area contributed by atoms with Crippen molar-refractivity contribution in [1.29, 1.82) is 0 Å². The molecule has 0 amide bonds. The summed E-state index contributed by atoms with van der Waals surface area (Å²) in [5.74, 6) is 0.501. The lowest BCUT2D eigenvalue weighted by molar-refractivity contribution is 0.0340. The highest BCUT2D eigenvalue weighted by molar-refractivity contribution is 4.67. The molecule has 0 aliphatic heterocycles. The van der Waals surface area contributed by atoms with Gasteiger partial charge in [-0.2, -0.15) is 0 Å². The van der Waals surface area contributed by atoms with Gasteiger partial charge in [0.1, 0.15) is 0 Å². The third kappa shape index (κ3) is 13.4. The molecule has 2 heteroatoms. The lowest BCUT2D eigenvalue weighted by atomic mass is 10.2. The molecular formula is C16H32O2. The van der Waals surface area contributed by atoms with Gasteiger partial charge in [0.15, 0.2) is 0 Å². The summed E-state index contributed by atoms with van der Waals surface area (Å²) in [6, 6.07) is 0. The van der Waals surface area contributed by atoms with Gasteiger partial charge in [-0.25, -0.2) is 0 Å². The molecule has 0 aromatic carbocycles. The molecule has 0 atom stereocenters. The summed E-state index contributed by atoms with van der Waals surface area (Å²) in [5, 5.41) is 0. The van der Waals surface area contributed by atoms with Crippen molar-refractivity contribution in [2.75, 3.05) is 13.2 Å². The van der Waals surface area contributed by atoms with Gasteiger partial charge in [-0.3, -0.25) is 0 Å². The molecule has 2 nitrogen and oxygen atoms in total. The van der Waals surface area contributed by atoms with Gasteiger partial charge in [-0.1, -0.05) is 65.2 Å². The Labute approximate surface area is 114 Å². The van der Waals surface area contributed by atoms with E-state index in [0.717, 1.165) is 26.1 Å². The molecule has 0 spiro atoms. The molecule has 0 unspecified atom stereocenters. The molecule has 0 aliphatic carbocycles. The predicted octanol–water partition coefficient (Wildman–Crippen LogP) is 5.43. The molecule has 0 N–H and O–H groups in total. The van der Waals surface area contributed by atoms with E-state index in [1.165, 1.54) is 51.4 Å². The van der Waals surface area contributed by atoms with Crippen LogP contribution >= 0.6 is 0 Å². The average Bonchev–Trinajstić information content (AvgIpc) is 2.38. The standard InChI is InChI=1S/C16H32O2/c1-4-6-8-10-12-14-17-16(3)18-15-13-11-9-7-5-2/h3-15H2,1-2H3. The summed E-state index contributed by atoms with van der Waals surface area (Å²) < 4.78 is 10.9. The molecule has 0 aliphatic rings. The smallest absolute Gasteiger partial charge is 0.271 e. The third-order valence-electron chi connectivity index (χ3n) is 3.02. The minimum absolute atomic E-state index is 0.501. The molecule has 108 valence electrons. The lowest BCUT2D eigenvalue weighted by Gasteiger charge is -2.10. The number of unbranched alkanes of at least 4 members (excludes halogenated alkanes) is 8. The van der Waals surface area contributed by atoms with Gasteiger partial charge in [0, 0.05) is 0 Å². The van der Waals surface area contributed by atoms with Crippen molar-refractivity contribution >= 4 is 0 Å². The average molecular weight is 256 g/mol. The van der Waals surface area contributed by atoms with Gasteiger partial charge < -0.3 is 9.47 Å². The van der Waals surface area contributed by atoms with Crippen molar-refractivity contribution in [2.24, 2.45) is 0 Å². The largest absolute Gasteiger partial charge is 0.466 e. The first-order valence-corrected chi connectivity index (χ1v) is 7.75. The highest BCUT2D eigenvalue weighted by atomic mass is 16.7. The second-order valence-electron chi connectivity index (χ2n) is 4.90. The van der Waals surface area contributed by atoms with Gasteiger partial charge in [-0.05, 0) is 19.4 Å². The van der Waals surface area contributed by atoms with E-state index in [-0.39, 0.29) is 0 Å². The fraction of sp³-hybridized carbons (Fsp3) is 0.875. The predicted molar refractivity (Wildman–Crippen MR) is 78.6 cm³/mol. The molecule has 0 rings (SSSR count). The van der Waals surface area contributed by atoms with Crippen molar-refractivity contribution in [1.82, 2.24) is 0 Å². The maximum Gasteiger partial charge on any atom is 0.271 e. The Balaban J connectivity index is 3.12. The molecule has 0 heterocycles. The first-order valence-electron chi connectivity index (χ1n) is 7.75. The topological polar surface area (TPSA) is 18.5 Å². The highest BCUT2D eigenvalue weighted by Gasteiger charge is 1.96. The van der Waals surface area contributed by atoms with E-state index in [9.17, 15) is 0 Å². The molecule has 0 bridgehead atoms. The van der Waals surface area contributed by atoms with E-state index in [1.54, 1.807) is 0 Å². The van der Waals surface area contributed by atoms with Crippen molar-refractivity contribution in [2.45, 2.75) is 78.1 Å². The molecule has 0 aromatic rings. The normalized spacial score (nSPS) is 10.3. The van der Waals surface area contributed by atoms with Gasteiger partial charge in [-0.15, -0.1) is 0 Å². The molecule has 18 heavy (non-hydrogen) atoms. The van der Waals surface area contributed by atoms with E-state index >= 15 is 0 Å². The summed E-state index contributed by atoms with van der Waals surface area (Å²) in [7, 11) is 0. The van der Waals surface area contributed by atoms with Crippen LogP contribution in [0.4, 0.5) is 0 Å². The second-order valence-corrected chi connectivity index (χ2v) is 4.90. The zero-order valence-corrected chi connectivity index (χ0v) is 12.5. The monoisotopic (exact) mass is 256 g/mol. The van der Waals surface area contributed by atoms with Gasteiger partial charge in [0.05, 0.1) is 13.2 Å². The van der Waals surface area contributed by atoms with E-state index in [2.05, 4.69) is 20.4 Å². The lowest BCUT2D eigenvalue weighted by Crippen LogP contribution is -2.00. The van der Waals surface area contributed by atoms with Crippen LogP contribution in [0.1, 0.15) is 78.1 Å². The maximum atomic E-state index is 5.43. The summed E-state index contributed by atoms with van der Waals surface area (Å²) in [6.07, 6.45) is 12.6. The van der Waals surface area contributed by atoms with Crippen LogP contribution in [-0.2, 0) is 9.47 Å².